The Labute approximate surface area is 214 Å². The maximum Gasteiger partial charge on any atom is 0.412 e. The minimum absolute atomic E-state index is 0.250. The Morgan fingerprint density at radius 2 is 1.73 bits per heavy atom. The number of carbonyl (C=O) groups excluding carboxylic acids is 3. The molecule has 0 spiro atoms. The minimum atomic E-state index is -0.591. The number of rotatable bonds is 5. The van der Waals surface area contributed by atoms with Gasteiger partial charge in [0, 0.05) is 17.3 Å². The average Bonchev–Trinajstić information content (AvgIpc) is 3.65. The van der Waals surface area contributed by atoms with Gasteiger partial charge in [-0.25, -0.2) is 4.79 Å². The monoisotopic (exact) mass is 495 g/mol. The summed E-state index contributed by atoms with van der Waals surface area (Å²) in [5.41, 5.74) is 3.84. The molecule has 1 amide bonds. The molecule has 2 N–H and O–H groups in total. The van der Waals surface area contributed by atoms with Crippen molar-refractivity contribution < 1.29 is 23.6 Å². The third-order valence-corrected chi connectivity index (χ3v) is 5.75. The first-order valence-corrected chi connectivity index (χ1v) is 11.8. The lowest BCUT2D eigenvalue weighted by molar-refractivity contribution is -0.191. The lowest BCUT2D eigenvalue weighted by atomic mass is 10.1. The van der Waals surface area contributed by atoms with Crippen molar-refractivity contribution in [2.45, 2.75) is 38.8 Å². The molecule has 1 atom stereocenters. The molecule has 5 rings (SSSR count). The number of aromatic nitrogens is 1. The van der Waals surface area contributed by atoms with Gasteiger partial charge in [-0.2, -0.15) is 9.59 Å². The number of amides is 1. The number of carbonyl (C=O) groups is 1. The standard InChI is InChI=1S/C28H25N3O3.CO2/c1-18-27(30-28(32)33-19(2)21-6-4-3-5-7-21)26(34-31-18)15-9-20-8-10-23-17-25(29-24-13-14-24)12-11-22(23)16-20;2-1-3/h3-8,10-12,16-17,19,24,29H,13-14H2,1-2H3,(H,30,32);. The Morgan fingerprint density at radius 3 is 2.46 bits per heavy atom. The second-order valence-corrected chi connectivity index (χ2v) is 8.58. The lowest BCUT2D eigenvalue weighted by Crippen LogP contribution is -2.16. The largest absolute Gasteiger partial charge is 0.441 e. The molecule has 1 unspecified atom stereocenters. The molecular formula is C29H25N3O5. The number of nitrogens with zero attached hydrogens (tertiary/aromatic N) is 1. The number of hydrogen-bond donors (Lipinski definition) is 2. The van der Waals surface area contributed by atoms with E-state index in [1.54, 1.807) is 6.92 Å². The zero-order valence-corrected chi connectivity index (χ0v) is 20.4. The van der Waals surface area contributed by atoms with Crippen molar-refractivity contribution in [2.75, 3.05) is 10.6 Å². The fourth-order valence-corrected chi connectivity index (χ4v) is 3.69. The highest BCUT2D eigenvalue weighted by Gasteiger charge is 2.20. The number of nitrogens with one attached hydrogen (secondary N) is 2. The molecule has 8 heteroatoms. The van der Waals surface area contributed by atoms with Gasteiger partial charge in [-0.1, -0.05) is 53.5 Å². The summed E-state index contributed by atoms with van der Waals surface area (Å²) in [5, 5.41) is 12.5. The quantitative estimate of drug-likeness (QED) is 0.335. The highest BCUT2D eigenvalue weighted by atomic mass is 16.6. The number of fused-ring (bicyclic) bond motifs is 1. The van der Waals surface area contributed by atoms with Crippen LogP contribution < -0.4 is 10.6 Å². The number of aryl methyl sites for hydroxylation is 1. The predicted molar refractivity (Wildman–Crippen MR) is 138 cm³/mol. The first kappa shape index (κ1) is 25.2. The Balaban J connectivity index is 0.00000102. The minimum Gasteiger partial charge on any atom is -0.441 e. The molecule has 0 aliphatic heterocycles. The molecule has 186 valence electrons. The van der Waals surface area contributed by atoms with Crippen LogP contribution in [0.1, 0.15) is 48.5 Å². The SMILES string of the molecule is Cc1noc(C#Cc2ccc3cc(NC4CC4)ccc3c2)c1NC(=O)OC(C)c1ccccc1.O=C=O. The van der Waals surface area contributed by atoms with Crippen molar-refractivity contribution in [3.8, 4) is 11.8 Å². The molecule has 1 aliphatic carbocycles. The van der Waals surface area contributed by atoms with Crippen LogP contribution in [0.3, 0.4) is 0 Å². The highest BCUT2D eigenvalue weighted by molar-refractivity contribution is 5.88. The van der Waals surface area contributed by atoms with Crippen LogP contribution >= 0.6 is 0 Å². The molecule has 0 bridgehead atoms. The van der Waals surface area contributed by atoms with Gasteiger partial charge in [0.05, 0.1) is 0 Å². The number of benzene rings is 3. The molecule has 0 radical (unpaired) electrons. The Kier molecular flexibility index (Phi) is 7.99. The molecule has 1 aliphatic rings. The molecule has 4 aromatic rings. The maximum absolute atomic E-state index is 12.5. The van der Waals surface area contributed by atoms with Gasteiger partial charge in [-0.15, -0.1) is 0 Å². The summed E-state index contributed by atoms with van der Waals surface area (Å²) in [7, 11) is 0. The van der Waals surface area contributed by atoms with E-state index in [9.17, 15) is 4.79 Å². The highest BCUT2D eigenvalue weighted by Crippen LogP contribution is 2.27. The van der Waals surface area contributed by atoms with E-state index in [-0.39, 0.29) is 11.9 Å². The Morgan fingerprint density at radius 1 is 1.03 bits per heavy atom. The van der Waals surface area contributed by atoms with Gasteiger partial charge in [-0.3, -0.25) is 5.32 Å². The second-order valence-electron chi connectivity index (χ2n) is 8.58. The van der Waals surface area contributed by atoms with Crippen molar-refractivity contribution in [3.63, 3.8) is 0 Å². The zero-order valence-electron chi connectivity index (χ0n) is 20.4. The van der Waals surface area contributed by atoms with Gasteiger partial charge in [0.25, 0.3) is 0 Å². The van der Waals surface area contributed by atoms with E-state index in [4.69, 9.17) is 18.8 Å². The number of hydrogen-bond acceptors (Lipinski definition) is 7. The van der Waals surface area contributed by atoms with E-state index in [1.165, 1.54) is 12.8 Å². The Bertz CT molecular complexity index is 1490. The summed E-state index contributed by atoms with van der Waals surface area (Å²) in [6.07, 6.45) is 1.75. The predicted octanol–water partition coefficient (Wildman–Crippen LogP) is 5.84. The van der Waals surface area contributed by atoms with Gasteiger partial charge in [-0.05, 0) is 73.2 Å². The smallest absolute Gasteiger partial charge is 0.412 e. The van der Waals surface area contributed by atoms with E-state index in [0.29, 0.717) is 17.4 Å². The number of anilines is 2. The van der Waals surface area contributed by atoms with Gasteiger partial charge in [0.1, 0.15) is 17.5 Å². The van der Waals surface area contributed by atoms with Crippen LogP contribution in [0.2, 0.25) is 0 Å². The van der Waals surface area contributed by atoms with Crippen LogP contribution in [0.5, 0.6) is 0 Å². The average molecular weight is 496 g/mol. The number of ether oxygens (including phenoxy) is 1. The topological polar surface area (TPSA) is 111 Å². The van der Waals surface area contributed by atoms with E-state index in [1.807, 2.05) is 49.4 Å². The van der Waals surface area contributed by atoms with Crippen molar-refractivity contribution in [3.05, 3.63) is 89.3 Å². The van der Waals surface area contributed by atoms with Crippen LogP contribution in [0.4, 0.5) is 16.2 Å². The third-order valence-electron chi connectivity index (χ3n) is 5.75. The van der Waals surface area contributed by atoms with E-state index in [2.05, 4.69) is 51.9 Å². The van der Waals surface area contributed by atoms with Crippen LogP contribution in [0.25, 0.3) is 10.8 Å². The summed E-state index contributed by atoms with van der Waals surface area (Å²) < 4.78 is 10.8. The molecular weight excluding hydrogens is 470 g/mol. The first-order valence-electron chi connectivity index (χ1n) is 11.8. The van der Waals surface area contributed by atoms with Crippen LogP contribution in [0.15, 0.2) is 71.3 Å². The molecule has 1 heterocycles. The zero-order chi connectivity index (χ0) is 26.2. The van der Waals surface area contributed by atoms with Gasteiger partial charge in [0.2, 0.25) is 5.76 Å². The second kappa shape index (κ2) is 11.7. The van der Waals surface area contributed by atoms with Crippen molar-refractivity contribution in [2.24, 2.45) is 0 Å². The molecule has 1 fully saturated rings. The van der Waals surface area contributed by atoms with Crippen LogP contribution in [0, 0.1) is 18.8 Å². The summed E-state index contributed by atoms with van der Waals surface area (Å²) in [6, 6.07) is 22.6. The van der Waals surface area contributed by atoms with Crippen LogP contribution in [-0.2, 0) is 14.3 Å². The van der Waals surface area contributed by atoms with Crippen molar-refractivity contribution in [1.82, 2.24) is 5.16 Å². The summed E-state index contributed by atoms with van der Waals surface area (Å²) in [6.45, 7) is 3.56. The normalized spacial score (nSPS) is 12.7. The fourth-order valence-electron chi connectivity index (χ4n) is 3.69. The van der Waals surface area contributed by atoms with Gasteiger partial charge >= 0.3 is 12.2 Å². The van der Waals surface area contributed by atoms with E-state index < -0.39 is 12.2 Å². The van der Waals surface area contributed by atoms with Crippen LogP contribution in [-0.4, -0.2) is 23.4 Å². The van der Waals surface area contributed by atoms with Crippen molar-refractivity contribution >= 4 is 34.4 Å². The molecule has 1 aromatic heterocycles. The summed E-state index contributed by atoms with van der Waals surface area (Å²) >= 11 is 0. The molecule has 3 aromatic carbocycles. The fraction of sp³-hybridized carbons (Fsp3) is 0.207. The summed E-state index contributed by atoms with van der Waals surface area (Å²) in [5.74, 6) is 6.38. The Hall–Kier alpha value is -4.86. The summed E-state index contributed by atoms with van der Waals surface area (Å²) in [4.78, 5) is 28.7. The third kappa shape index (κ3) is 6.85. The molecule has 37 heavy (non-hydrogen) atoms. The molecule has 8 nitrogen and oxygen atoms in total. The van der Waals surface area contributed by atoms with E-state index >= 15 is 0 Å². The first-order chi connectivity index (χ1) is 18.0. The molecule has 1 saturated carbocycles. The van der Waals surface area contributed by atoms with Crippen molar-refractivity contribution in [1.29, 1.82) is 0 Å². The van der Waals surface area contributed by atoms with E-state index in [0.717, 1.165) is 27.6 Å². The lowest BCUT2D eigenvalue weighted by Gasteiger charge is -2.13. The maximum atomic E-state index is 12.5. The van der Waals surface area contributed by atoms with Gasteiger partial charge in [0.15, 0.2) is 0 Å². The molecule has 0 saturated heterocycles. The van der Waals surface area contributed by atoms with Gasteiger partial charge < -0.3 is 14.6 Å².